The van der Waals surface area contributed by atoms with Crippen molar-refractivity contribution in [2.75, 3.05) is 0 Å². The Hall–Kier alpha value is -1.07. The first kappa shape index (κ1) is 11.0. The maximum absolute atomic E-state index is 13.1. The Balaban J connectivity index is 3.20. The SMILES string of the molecule is CC(O)C(N)c1cc(F)cc(F)c1F. The number of rotatable bonds is 2. The Labute approximate surface area is 79.2 Å². The number of halogens is 3. The molecule has 5 heteroatoms. The first-order valence-electron chi connectivity index (χ1n) is 4.01. The van der Waals surface area contributed by atoms with Crippen molar-refractivity contribution in [1.82, 2.24) is 0 Å². The van der Waals surface area contributed by atoms with E-state index < -0.39 is 29.6 Å². The highest BCUT2D eigenvalue weighted by Gasteiger charge is 2.20. The molecule has 3 N–H and O–H groups in total. The van der Waals surface area contributed by atoms with Crippen molar-refractivity contribution < 1.29 is 18.3 Å². The van der Waals surface area contributed by atoms with Crippen LogP contribution in [-0.2, 0) is 0 Å². The molecule has 0 heterocycles. The summed E-state index contributed by atoms with van der Waals surface area (Å²) in [5.41, 5.74) is 4.99. The van der Waals surface area contributed by atoms with Crippen molar-refractivity contribution in [3.05, 3.63) is 35.1 Å². The van der Waals surface area contributed by atoms with Gasteiger partial charge in [0, 0.05) is 11.6 Å². The smallest absolute Gasteiger partial charge is 0.163 e. The maximum atomic E-state index is 13.1. The summed E-state index contributed by atoms with van der Waals surface area (Å²) in [7, 11) is 0. The normalized spacial score (nSPS) is 15.3. The summed E-state index contributed by atoms with van der Waals surface area (Å²) >= 11 is 0. The van der Waals surface area contributed by atoms with Crippen molar-refractivity contribution in [3.8, 4) is 0 Å². The van der Waals surface area contributed by atoms with Gasteiger partial charge in [-0.25, -0.2) is 13.2 Å². The minimum absolute atomic E-state index is 0.363. The van der Waals surface area contributed by atoms with Crippen molar-refractivity contribution in [2.24, 2.45) is 5.73 Å². The Morgan fingerprint density at radius 2 is 1.86 bits per heavy atom. The molecule has 0 saturated heterocycles. The van der Waals surface area contributed by atoms with Crippen LogP contribution in [0.3, 0.4) is 0 Å². The van der Waals surface area contributed by atoms with Gasteiger partial charge in [0.15, 0.2) is 11.6 Å². The van der Waals surface area contributed by atoms with Gasteiger partial charge in [0.2, 0.25) is 0 Å². The molecule has 2 unspecified atom stereocenters. The van der Waals surface area contributed by atoms with E-state index in [9.17, 15) is 13.2 Å². The van der Waals surface area contributed by atoms with Crippen molar-refractivity contribution in [3.63, 3.8) is 0 Å². The molecule has 0 aliphatic rings. The Bertz CT molecular complexity index is 341. The van der Waals surface area contributed by atoms with Crippen LogP contribution in [0.4, 0.5) is 13.2 Å². The molecule has 0 aromatic heterocycles. The van der Waals surface area contributed by atoms with E-state index >= 15 is 0 Å². The summed E-state index contributed by atoms with van der Waals surface area (Å²) in [6, 6.07) is 0.0591. The predicted molar refractivity (Wildman–Crippen MR) is 44.9 cm³/mol. The lowest BCUT2D eigenvalue weighted by Crippen LogP contribution is -2.24. The zero-order valence-corrected chi connectivity index (χ0v) is 7.47. The molecule has 0 radical (unpaired) electrons. The van der Waals surface area contributed by atoms with E-state index in [2.05, 4.69) is 0 Å². The van der Waals surface area contributed by atoms with Gasteiger partial charge in [0.05, 0.1) is 12.1 Å². The first-order valence-corrected chi connectivity index (χ1v) is 4.01. The second-order valence-corrected chi connectivity index (χ2v) is 3.06. The molecule has 1 aromatic rings. The van der Waals surface area contributed by atoms with Crippen LogP contribution in [-0.4, -0.2) is 11.2 Å². The molecule has 0 amide bonds. The summed E-state index contributed by atoms with van der Waals surface area (Å²) in [6.45, 7) is 1.31. The highest BCUT2D eigenvalue weighted by Crippen LogP contribution is 2.21. The van der Waals surface area contributed by atoms with Crippen molar-refractivity contribution in [1.29, 1.82) is 0 Å². The minimum atomic E-state index is -1.31. The van der Waals surface area contributed by atoms with Crippen LogP contribution < -0.4 is 5.73 Å². The average molecular weight is 205 g/mol. The third-order valence-electron chi connectivity index (χ3n) is 1.90. The minimum Gasteiger partial charge on any atom is -0.391 e. The van der Waals surface area contributed by atoms with Gasteiger partial charge in [-0.1, -0.05) is 0 Å². The van der Waals surface area contributed by atoms with Gasteiger partial charge in [-0.15, -0.1) is 0 Å². The first-order chi connectivity index (χ1) is 6.43. The van der Waals surface area contributed by atoms with E-state index in [0.29, 0.717) is 6.07 Å². The molecule has 2 atom stereocenters. The molecule has 0 saturated carbocycles. The lowest BCUT2D eigenvalue weighted by Gasteiger charge is -2.15. The molecule has 1 aromatic carbocycles. The fraction of sp³-hybridized carbons (Fsp3) is 0.333. The van der Waals surface area contributed by atoms with Gasteiger partial charge in [0.25, 0.3) is 0 Å². The lowest BCUT2D eigenvalue weighted by molar-refractivity contribution is 0.162. The highest BCUT2D eigenvalue weighted by atomic mass is 19.2. The predicted octanol–water partition coefficient (Wildman–Crippen LogP) is 1.48. The molecule has 0 aliphatic heterocycles. The van der Waals surface area contributed by atoms with E-state index in [4.69, 9.17) is 10.8 Å². The summed E-state index contributed by atoms with van der Waals surface area (Å²) in [5, 5.41) is 9.04. The molecule has 0 spiro atoms. The second-order valence-electron chi connectivity index (χ2n) is 3.06. The fourth-order valence-electron chi connectivity index (χ4n) is 1.08. The maximum Gasteiger partial charge on any atom is 0.163 e. The number of nitrogens with two attached hydrogens (primary N) is 1. The zero-order chi connectivity index (χ0) is 10.9. The van der Waals surface area contributed by atoms with E-state index in [1.54, 1.807) is 0 Å². The number of hydrogen-bond acceptors (Lipinski definition) is 2. The number of hydrogen-bond donors (Lipinski definition) is 2. The van der Waals surface area contributed by atoms with Crippen LogP contribution in [0.5, 0.6) is 0 Å². The number of aliphatic hydroxyl groups excluding tert-OH is 1. The molecule has 14 heavy (non-hydrogen) atoms. The van der Waals surface area contributed by atoms with Crippen molar-refractivity contribution in [2.45, 2.75) is 19.1 Å². The number of benzene rings is 1. The standard InChI is InChI=1S/C9H10F3NO/c1-4(14)9(13)6-2-5(10)3-7(11)8(6)12/h2-4,9,14H,13H2,1H3. The third-order valence-corrected chi connectivity index (χ3v) is 1.90. The van der Waals surface area contributed by atoms with Crippen LogP contribution in [0.2, 0.25) is 0 Å². The van der Waals surface area contributed by atoms with Gasteiger partial charge in [0.1, 0.15) is 5.82 Å². The van der Waals surface area contributed by atoms with Gasteiger partial charge in [-0.2, -0.15) is 0 Å². The molecule has 0 fully saturated rings. The Kier molecular flexibility index (Phi) is 3.13. The van der Waals surface area contributed by atoms with Gasteiger partial charge < -0.3 is 10.8 Å². The molecular formula is C9H10F3NO. The van der Waals surface area contributed by atoms with E-state index in [1.165, 1.54) is 6.92 Å². The molecular weight excluding hydrogens is 195 g/mol. The van der Waals surface area contributed by atoms with Crippen LogP contribution in [0.25, 0.3) is 0 Å². The second kappa shape index (κ2) is 3.98. The summed E-state index contributed by atoms with van der Waals surface area (Å²) in [4.78, 5) is 0. The Morgan fingerprint density at radius 1 is 1.29 bits per heavy atom. The van der Waals surface area contributed by atoms with Crippen LogP contribution in [0, 0.1) is 17.5 Å². The van der Waals surface area contributed by atoms with Crippen LogP contribution >= 0.6 is 0 Å². The topological polar surface area (TPSA) is 46.2 Å². The summed E-state index contributed by atoms with van der Waals surface area (Å²) in [6.07, 6.45) is -1.08. The molecule has 78 valence electrons. The lowest BCUT2D eigenvalue weighted by atomic mass is 10.0. The third kappa shape index (κ3) is 2.05. The fourth-order valence-corrected chi connectivity index (χ4v) is 1.08. The average Bonchev–Trinajstić information content (AvgIpc) is 2.09. The van der Waals surface area contributed by atoms with Gasteiger partial charge >= 0.3 is 0 Å². The molecule has 0 aliphatic carbocycles. The number of aliphatic hydroxyl groups is 1. The summed E-state index contributed by atoms with van der Waals surface area (Å²) < 4.78 is 38.5. The molecule has 1 rings (SSSR count). The monoisotopic (exact) mass is 205 g/mol. The molecule has 0 bridgehead atoms. The van der Waals surface area contributed by atoms with Crippen molar-refractivity contribution >= 4 is 0 Å². The van der Waals surface area contributed by atoms with Gasteiger partial charge in [-0.05, 0) is 13.0 Å². The quantitative estimate of drug-likeness (QED) is 0.718. The van der Waals surface area contributed by atoms with E-state index in [0.717, 1.165) is 6.07 Å². The van der Waals surface area contributed by atoms with Gasteiger partial charge in [-0.3, -0.25) is 0 Å². The zero-order valence-electron chi connectivity index (χ0n) is 7.47. The Morgan fingerprint density at radius 3 is 2.36 bits per heavy atom. The van der Waals surface area contributed by atoms with E-state index in [-0.39, 0.29) is 5.56 Å². The largest absolute Gasteiger partial charge is 0.391 e. The highest BCUT2D eigenvalue weighted by molar-refractivity contribution is 5.24. The van der Waals surface area contributed by atoms with Crippen LogP contribution in [0.1, 0.15) is 18.5 Å². The van der Waals surface area contributed by atoms with Crippen LogP contribution in [0.15, 0.2) is 12.1 Å². The molecule has 2 nitrogen and oxygen atoms in total. The van der Waals surface area contributed by atoms with E-state index in [1.807, 2.05) is 0 Å². The summed E-state index contributed by atoms with van der Waals surface area (Å²) in [5.74, 6) is -3.45.